The van der Waals surface area contributed by atoms with Gasteiger partial charge in [0, 0.05) is 24.7 Å². The van der Waals surface area contributed by atoms with Crippen LogP contribution in [-0.4, -0.2) is 80.3 Å². The summed E-state index contributed by atoms with van der Waals surface area (Å²) in [5.74, 6) is -3.63. The zero-order valence-corrected chi connectivity index (χ0v) is 17.5. The number of aromatic hydroxyl groups is 1. The fraction of sp³-hybridized carbons (Fsp3) is 0.350. The summed E-state index contributed by atoms with van der Waals surface area (Å²) in [4.78, 5) is 55.4. The predicted molar refractivity (Wildman–Crippen MR) is 114 cm³/mol. The number of aliphatic hydroxyl groups excluding tert-OH is 1. The number of aliphatic carboxylic acids is 1. The highest BCUT2D eigenvalue weighted by atomic mass is 16.4. The Kier molecular flexibility index (Phi) is 9.32. The van der Waals surface area contributed by atoms with Gasteiger partial charge in [0.1, 0.15) is 23.9 Å². The van der Waals surface area contributed by atoms with Crippen LogP contribution >= 0.6 is 0 Å². The molecule has 0 aliphatic heterocycles. The molecule has 0 fully saturated rings. The Morgan fingerprint density at radius 3 is 2.09 bits per heavy atom. The fourth-order valence-electron chi connectivity index (χ4n) is 2.89. The Labute approximate surface area is 188 Å². The highest BCUT2D eigenvalue weighted by Crippen LogP contribution is 2.12. The monoisotopic (exact) mass is 462 g/mol. The number of imidazole rings is 1. The van der Waals surface area contributed by atoms with Crippen molar-refractivity contribution < 1.29 is 34.5 Å². The number of phenols is 1. The van der Waals surface area contributed by atoms with E-state index in [2.05, 4.69) is 25.9 Å². The molecule has 0 saturated heterocycles. The van der Waals surface area contributed by atoms with Crippen molar-refractivity contribution in [3.05, 3.63) is 48.0 Å². The first kappa shape index (κ1) is 25.3. The number of aromatic nitrogens is 2. The number of aliphatic hydroxyl groups is 1. The van der Waals surface area contributed by atoms with Crippen LogP contribution in [0.5, 0.6) is 5.75 Å². The maximum absolute atomic E-state index is 13.0. The van der Waals surface area contributed by atoms with Crippen molar-refractivity contribution in [2.45, 2.75) is 31.0 Å². The molecule has 2 aromatic rings. The number of carbonyl (C=O) groups excluding carboxylic acids is 3. The van der Waals surface area contributed by atoms with E-state index in [0.717, 1.165) is 0 Å². The lowest BCUT2D eigenvalue weighted by molar-refractivity contribution is -0.143. The van der Waals surface area contributed by atoms with E-state index in [1.807, 2.05) is 0 Å². The van der Waals surface area contributed by atoms with Crippen molar-refractivity contribution >= 4 is 23.7 Å². The predicted octanol–water partition coefficient (Wildman–Crippen LogP) is -2.61. The van der Waals surface area contributed by atoms with Crippen molar-refractivity contribution in [2.75, 3.05) is 13.2 Å². The minimum absolute atomic E-state index is 0.000808. The first-order valence-electron chi connectivity index (χ1n) is 9.92. The van der Waals surface area contributed by atoms with Gasteiger partial charge in [-0.1, -0.05) is 12.1 Å². The molecule has 0 bridgehead atoms. The third kappa shape index (κ3) is 7.90. The number of benzene rings is 1. The molecule has 178 valence electrons. The van der Waals surface area contributed by atoms with Gasteiger partial charge in [-0.2, -0.15) is 0 Å². The lowest BCUT2D eigenvalue weighted by Gasteiger charge is -2.24. The van der Waals surface area contributed by atoms with E-state index >= 15 is 0 Å². The number of hydrogen-bond donors (Lipinski definition) is 8. The topological polar surface area (TPSA) is 220 Å². The molecule has 3 atom stereocenters. The van der Waals surface area contributed by atoms with E-state index in [-0.39, 0.29) is 25.1 Å². The standard InChI is InChI=1S/C20H26N6O7/c21-7-17(29)24-15(6-12-8-22-10-23-12)19(31)25-14(5-11-1-3-13(28)4-2-11)18(30)26-16(9-27)20(32)33/h1-4,8,10,14-16,27-28H,5-7,9,21H2,(H,22,23)(H,24,29)(H,25,31)(H,26,30)(H,32,33). The minimum atomic E-state index is -1.57. The number of carboxylic acids is 1. The van der Waals surface area contributed by atoms with Gasteiger partial charge in [0.2, 0.25) is 17.7 Å². The molecule has 2 rings (SSSR count). The summed E-state index contributed by atoms with van der Waals surface area (Å²) in [5, 5.41) is 34.9. The number of carboxylic acid groups (broad SMARTS) is 1. The smallest absolute Gasteiger partial charge is 0.328 e. The van der Waals surface area contributed by atoms with Crippen molar-refractivity contribution in [2.24, 2.45) is 5.73 Å². The number of amides is 3. The molecule has 0 spiro atoms. The van der Waals surface area contributed by atoms with Crippen LogP contribution in [0.2, 0.25) is 0 Å². The molecule has 1 aromatic carbocycles. The lowest BCUT2D eigenvalue weighted by atomic mass is 10.0. The summed E-state index contributed by atoms with van der Waals surface area (Å²) in [6, 6.07) is 1.90. The number of nitrogens with zero attached hydrogens (tertiary/aromatic N) is 1. The second-order valence-electron chi connectivity index (χ2n) is 7.12. The van der Waals surface area contributed by atoms with Gasteiger partial charge in [-0.25, -0.2) is 9.78 Å². The Morgan fingerprint density at radius 2 is 1.58 bits per heavy atom. The number of aromatic amines is 1. The Hall–Kier alpha value is -3.97. The van der Waals surface area contributed by atoms with Crippen LogP contribution in [0.25, 0.3) is 0 Å². The first-order valence-corrected chi connectivity index (χ1v) is 9.92. The summed E-state index contributed by atoms with van der Waals surface area (Å²) in [6.45, 7) is -1.21. The number of rotatable bonds is 12. The number of H-pyrrole nitrogens is 1. The summed E-state index contributed by atoms with van der Waals surface area (Å²) < 4.78 is 0. The van der Waals surface area contributed by atoms with Crippen LogP contribution in [0.3, 0.4) is 0 Å². The van der Waals surface area contributed by atoms with Gasteiger partial charge in [-0.15, -0.1) is 0 Å². The molecule has 13 nitrogen and oxygen atoms in total. The third-order valence-corrected chi connectivity index (χ3v) is 4.62. The molecule has 0 aliphatic carbocycles. The van der Waals surface area contributed by atoms with E-state index in [9.17, 15) is 29.4 Å². The molecule has 0 radical (unpaired) electrons. The van der Waals surface area contributed by atoms with Crippen molar-refractivity contribution in [1.29, 1.82) is 0 Å². The molecule has 1 aromatic heterocycles. The van der Waals surface area contributed by atoms with Gasteiger partial charge in [0.25, 0.3) is 0 Å². The second kappa shape index (κ2) is 12.2. The maximum Gasteiger partial charge on any atom is 0.328 e. The molecule has 1 heterocycles. The van der Waals surface area contributed by atoms with E-state index in [4.69, 9.17) is 10.8 Å². The quantitative estimate of drug-likeness (QED) is 0.165. The normalized spacial score (nSPS) is 13.4. The first-order chi connectivity index (χ1) is 15.7. The average molecular weight is 462 g/mol. The summed E-state index contributed by atoms with van der Waals surface area (Å²) >= 11 is 0. The molecule has 3 amide bonds. The van der Waals surface area contributed by atoms with E-state index in [1.165, 1.54) is 36.8 Å². The van der Waals surface area contributed by atoms with Gasteiger partial charge in [-0.3, -0.25) is 14.4 Å². The molecular weight excluding hydrogens is 436 g/mol. The molecule has 0 saturated carbocycles. The molecule has 9 N–H and O–H groups in total. The van der Waals surface area contributed by atoms with Gasteiger partial charge >= 0.3 is 5.97 Å². The van der Waals surface area contributed by atoms with Crippen LogP contribution in [0, 0.1) is 0 Å². The van der Waals surface area contributed by atoms with Gasteiger partial charge < -0.3 is 42.0 Å². The highest BCUT2D eigenvalue weighted by Gasteiger charge is 2.29. The van der Waals surface area contributed by atoms with Crippen LogP contribution in [0.4, 0.5) is 0 Å². The van der Waals surface area contributed by atoms with E-state index < -0.39 is 48.4 Å². The number of hydrogen-bond acceptors (Lipinski definition) is 8. The largest absolute Gasteiger partial charge is 0.508 e. The van der Waals surface area contributed by atoms with E-state index in [0.29, 0.717) is 11.3 Å². The Balaban J connectivity index is 2.23. The van der Waals surface area contributed by atoms with Gasteiger partial charge in [0.05, 0.1) is 19.5 Å². The van der Waals surface area contributed by atoms with Crippen LogP contribution in [-0.2, 0) is 32.0 Å². The van der Waals surface area contributed by atoms with Crippen LogP contribution in [0.15, 0.2) is 36.8 Å². The average Bonchev–Trinajstić information content (AvgIpc) is 3.30. The fourth-order valence-corrected chi connectivity index (χ4v) is 2.89. The maximum atomic E-state index is 13.0. The molecule has 0 aliphatic rings. The van der Waals surface area contributed by atoms with Crippen LogP contribution < -0.4 is 21.7 Å². The number of phenolic OH excluding ortho intramolecular Hbond substituents is 1. The minimum Gasteiger partial charge on any atom is -0.508 e. The summed E-state index contributed by atoms with van der Waals surface area (Å²) in [5.41, 5.74) is 6.42. The van der Waals surface area contributed by atoms with Crippen molar-refractivity contribution in [3.63, 3.8) is 0 Å². The molecule has 13 heteroatoms. The zero-order chi connectivity index (χ0) is 24.4. The van der Waals surface area contributed by atoms with Crippen molar-refractivity contribution in [1.82, 2.24) is 25.9 Å². The number of nitrogens with one attached hydrogen (secondary N) is 4. The number of carbonyl (C=O) groups is 4. The SMILES string of the molecule is NCC(=O)NC(Cc1cnc[nH]1)C(=O)NC(Cc1ccc(O)cc1)C(=O)NC(CO)C(=O)O. The lowest BCUT2D eigenvalue weighted by Crippen LogP contribution is -2.57. The van der Waals surface area contributed by atoms with Crippen LogP contribution in [0.1, 0.15) is 11.3 Å². The van der Waals surface area contributed by atoms with Crippen molar-refractivity contribution in [3.8, 4) is 5.75 Å². The summed E-state index contributed by atoms with van der Waals surface area (Å²) in [7, 11) is 0. The second-order valence-corrected chi connectivity index (χ2v) is 7.12. The zero-order valence-electron chi connectivity index (χ0n) is 17.5. The summed E-state index contributed by atoms with van der Waals surface area (Å²) in [6.07, 6.45) is 2.84. The highest BCUT2D eigenvalue weighted by molar-refractivity contribution is 5.93. The van der Waals surface area contributed by atoms with Gasteiger partial charge in [-0.05, 0) is 17.7 Å². The Bertz CT molecular complexity index is 948. The molecule has 3 unspecified atom stereocenters. The number of nitrogens with two attached hydrogens (primary N) is 1. The molecule has 33 heavy (non-hydrogen) atoms. The van der Waals surface area contributed by atoms with Gasteiger partial charge in [0.15, 0.2) is 0 Å². The third-order valence-electron chi connectivity index (χ3n) is 4.62. The Morgan fingerprint density at radius 1 is 0.970 bits per heavy atom. The van der Waals surface area contributed by atoms with E-state index in [1.54, 1.807) is 0 Å². The molecular formula is C20H26N6O7.